The van der Waals surface area contributed by atoms with E-state index in [-0.39, 0.29) is 11.1 Å². The van der Waals surface area contributed by atoms with Gasteiger partial charge >= 0.3 is 0 Å². The van der Waals surface area contributed by atoms with Gasteiger partial charge in [-0.1, -0.05) is 37.7 Å². The van der Waals surface area contributed by atoms with Crippen LogP contribution in [0, 0.1) is 0 Å². The molecule has 5 nitrogen and oxygen atoms in total. The van der Waals surface area contributed by atoms with Crippen LogP contribution in [0.2, 0.25) is 0 Å². The molecule has 0 aromatic heterocycles. The van der Waals surface area contributed by atoms with Crippen molar-refractivity contribution in [3.63, 3.8) is 0 Å². The van der Waals surface area contributed by atoms with Crippen LogP contribution < -0.4 is 10.1 Å². The number of benzene rings is 1. The SMILES string of the molecule is CC(C)c1ccc(OCCNC(=O)CCN2CCSC2=O)cc1. The highest BCUT2D eigenvalue weighted by atomic mass is 32.2. The number of carbonyl (C=O) groups excluding carboxylic acids is 2. The van der Waals surface area contributed by atoms with Crippen molar-refractivity contribution in [2.75, 3.05) is 32.0 Å². The lowest BCUT2D eigenvalue weighted by atomic mass is 10.0. The number of nitrogens with zero attached hydrogens (tertiary/aromatic N) is 1. The summed E-state index contributed by atoms with van der Waals surface area (Å²) in [7, 11) is 0. The van der Waals surface area contributed by atoms with Crippen LogP contribution in [0.25, 0.3) is 0 Å². The van der Waals surface area contributed by atoms with Crippen LogP contribution in [-0.4, -0.2) is 48.0 Å². The van der Waals surface area contributed by atoms with E-state index in [4.69, 9.17) is 4.74 Å². The first-order valence-corrected chi connectivity index (χ1v) is 8.96. The van der Waals surface area contributed by atoms with E-state index in [0.29, 0.717) is 32.0 Å². The number of amides is 2. The average Bonchev–Trinajstić information content (AvgIpc) is 2.95. The van der Waals surface area contributed by atoms with Gasteiger partial charge in [-0.25, -0.2) is 0 Å². The monoisotopic (exact) mass is 336 g/mol. The summed E-state index contributed by atoms with van der Waals surface area (Å²) in [5.41, 5.74) is 1.28. The Balaban J connectivity index is 1.59. The van der Waals surface area contributed by atoms with Crippen molar-refractivity contribution in [3.8, 4) is 5.75 Å². The molecule has 0 radical (unpaired) electrons. The molecule has 0 atom stereocenters. The van der Waals surface area contributed by atoms with Gasteiger partial charge in [0.1, 0.15) is 12.4 Å². The van der Waals surface area contributed by atoms with E-state index >= 15 is 0 Å². The van der Waals surface area contributed by atoms with E-state index < -0.39 is 0 Å². The van der Waals surface area contributed by atoms with Gasteiger partial charge in [-0.05, 0) is 23.6 Å². The van der Waals surface area contributed by atoms with E-state index in [9.17, 15) is 9.59 Å². The van der Waals surface area contributed by atoms with E-state index in [1.807, 2.05) is 12.1 Å². The Kier molecular flexibility index (Phi) is 6.77. The maximum Gasteiger partial charge on any atom is 0.281 e. The Bertz CT molecular complexity index is 531. The van der Waals surface area contributed by atoms with Crippen molar-refractivity contribution >= 4 is 22.9 Å². The maximum atomic E-state index is 11.7. The highest BCUT2D eigenvalue weighted by Crippen LogP contribution is 2.18. The molecule has 0 aliphatic carbocycles. The quantitative estimate of drug-likeness (QED) is 0.742. The molecule has 23 heavy (non-hydrogen) atoms. The number of ether oxygens (including phenoxy) is 1. The fraction of sp³-hybridized carbons (Fsp3) is 0.529. The normalized spacial score (nSPS) is 14.4. The van der Waals surface area contributed by atoms with Crippen LogP contribution >= 0.6 is 11.8 Å². The molecule has 1 heterocycles. The second-order valence-corrected chi connectivity index (χ2v) is 6.82. The fourth-order valence-corrected chi connectivity index (χ4v) is 3.11. The highest BCUT2D eigenvalue weighted by molar-refractivity contribution is 8.13. The second kappa shape index (κ2) is 8.82. The number of nitrogens with one attached hydrogen (secondary N) is 1. The lowest BCUT2D eigenvalue weighted by Crippen LogP contribution is -2.32. The number of hydrogen-bond donors (Lipinski definition) is 1. The van der Waals surface area contributed by atoms with Gasteiger partial charge in [0, 0.05) is 25.3 Å². The minimum Gasteiger partial charge on any atom is -0.492 e. The summed E-state index contributed by atoms with van der Waals surface area (Å²) in [6.45, 7) is 6.44. The zero-order valence-electron chi connectivity index (χ0n) is 13.7. The largest absolute Gasteiger partial charge is 0.492 e. The zero-order chi connectivity index (χ0) is 16.7. The Morgan fingerprint density at radius 1 is 1.35 bits per heavy atom. The predicted octanol–water partition coefficient (Wildman–Crippen LogP) is 2.86. The molecule has 1 aromatic carbocycles. The molecule has 2 rings (SSSR count). The third kappa shape index (κ3) is 5.78. The average molecular weight is 336 g/mol. The van der Waals surface area contributed by atoms with Gasteiger partial charge in [-0.3, -0.25) is 9.59 Å². The smallest absolute Gasteiger partial charge is 0.281 e. The third-order valence-electron chi connectivity index (χ3n) is 3.69. The first kappa shape index (κ1) is 17.7. The van der Waals surface area contributed by atoms with Crippen LogP contribution in [0.15, 0.2) is 24.3 Å². The summed E-state index contributed by atoms with van der Waals surface area (Å²) in [5.74, 6) is 2.09. The van der Waals surface area contributed by atoms with Crippen molar-refractivity contribution in [1.82, 2.24) is 10.2 Å². The Morgan fingerprint density at radius 2 is 2.09 bits per heavy atom. The van der Waals surface area contributed by atoms with E-state index in [1.54, 1.807) is 4.90 Å². The van der Waals surface area contributed by atoms with E-state index in [1.165, 1.54) is 17.3 Å². The third-order valence-corrected chi connectivity index (χ3v) is 4.59. The topological polar surface area (TPSA) is 58.6 Å². The van der Waals surface area contributed by atoms with E-state index in [2.05, 4.69) is 31.3 Å². The minimum absolute atomic E-state index is 0.0477. The highest BCUT2D eigenvalue weighted by Gasteiger charge is 2.21. The molecule has 126 valence electrons. The van der Waals surface area contributed by atoms with Crippen molar-refractivity contribution < 1.29 is 14.3 Å². The lowest BCUT2D eigenvalue weighted by Gasteiger charge is -2.14. The summed E-state index contributed by atoms with van der Waals surface area (Å²) in [6, 6.07) is 8.02. The molecule has 1 aromatic rings. The molecule has 1 fully saturated rings. The van der Waals surface area contributed by atoms with Crippen LogP contribution in [0.3, 0.4) is 0 Å². The van der Waals surface area contributed by atoms with Crippen molar-refractivity contribution in [1.29, 1.82) is 0 Å². The van der Waals surface area contributed by atoms with Gasteiger partial charge in [0.2, 0.25) is 5.91 Å². The summed E-state index contributed by atoms with van der Waals surface area (Å²) < 4.78 is 5.60. The van der Waals surface area contributed by atoms with Crippen LogP contribution in [0.4, 0.5) is 4.79 Å². The van der Waals surface area contributed by atoms with Crippen molar-refractivity contribution in [3.05, 3.63) is 29.8 Å². The predicted molar refractivity (Wildman–Crippen MR) is 93.1 cm³/mol. The zero-order valence-corrected chi connectivity index (χ0v) is 14.5. The molecule has 0 spiro atoms. The summed E-state index contributed by atoms with van der Waals surface area (Å²) in [5, 5.41) is 2.89. The Labute approximate surface area is 141 Å². The van der Waals surface area contributed by atoms with Gasteiger partial charge in [-0.2, -0.15) is 0 Å². The number of thioether (sulfide) groups is 1. The van der Waals surface area contributed by atoms with Crippen molar-refractivity contribution in [2.24, 2.45) is 0 Å². The van der Waals surface area contributed by atoms with Gasteiger partial charge in [0.15, 0.2) is 0 Å². The first-order chi connectivity index (χ1) is 11.1. The molecule has 0 saturated carbocycles. The maximum absolute atomic E-state index is 11.7. The standard InChI is InChI=1S/C17H24N2O3S/c1-13(2)14-3-5-15(6-4-14)22-11-8-18-16(20)7-9-19-10-12-23-17(19)21/h3-6,13H,7-12H2,1-2H3,(H,18,20). The molecule has 1 aliphatic rings. The summed E-state index contributed by atoms with van der Waals surface area (Å²) >= 11 is 1.31. The molecule has 1 N–H and O–H groups in total. The molecule has 1 saturated heterocycles. The number of hydrogen-bond acceptors (Lipinski definition) is 4. The fourth-order valence-electron chi connectivity index (χ4n) is 2.26. The summed E-state index contributed by atoms with van der Waals surface area (Å²) in [4.78, 5) is 24.9. The first-order valence-electron chi connectivity index (χ1n) is 7.97. The molecule has 0 unspecified atom stereocenters. The molecule has 2 amide bonds. The number of carbonyl (C=O) groups is 2. The van der Waals surface area contributed by atoms with Crippen LogP contribution in [0.5, 0.6) is 5.75 Å². The molecule has 1 aliphatic heterocycles. The molecular formula is C17H24N2O3S. The van der Waals surface area contributed by atoms with Crippen LogP contribution in [0.1, 0.15) is 31.7 Å². The van der Waals surface area contributed by atoms with Crippen molar-refractivity contribution in [2.45, 2.75) is 26.2 Å². The van der Waals surface area contributed by atoms with Gasteiger partial charge in [0.05, 0.1) is 6.54 Å². The minimum atomic E-state index is -0.0477. The molecule has 6 heteroatoms. The van der Waals surface area contributed by atoms with Gasteiger partial charge in [0.25, 0.3) is 5.24 Å². The lowest BCUT2D eigenvalue weighted by molar-refractivity contribution is -0.121. The molecule has 0 bridgehead atoms. The Morgan fingerprint density at radius 3 is 2.70 bits per heavy atom. The van der Waals surface area contributed by atoms with Gasteiger partial charge in [-0.15, -0.1) is 0 Å². The molecular weight excluding hydrogens is 312 g/mol. The second-order valence-electron chi connectivity index (χ2n) is 5.77. The number of rotatable bonds is 8. The van der Waals surface area contributed by atoms with Gasteiger partial charge < -0.3 is 15.0 Å². The summed E-state index contributed by atoms with van der Waals surface area (Å²) in [6.07, 6.45) is 0.343. The Hall–Kier alpha value is -1.69. The van der Waals surface area contributed by atoms with E-state index in [0.717, 1.165) is 18.0 Å². The van der Waals surface area contributed by atoms with Crippen LogP contribution in [-0.2, 0) is 4.79 Å².